The van der Waals surface area contributed by atoms with Gasteiger partial charge in [-0.1, -0.05) is 0 Å². The van der Waals surface area contributed by atoms with Crippen LogP contribution >= 0.6 is 0 Å². The summed E-state index contributed by atoms with van der Waals surface area (Å²) >= 11 is 0. The maximum Gasteiger partial charge on any atom is 0.0464 e. The fraction of sp³-hybridized carbons (Fsp3) is 0.857. The summed E-state index contributed by atoms with van der Waals surface area (Å²) in [5.74, 6) is 0. The smallest absolute Gasteiger partial charge is 0.0464 e. The molecule has 106 valence electrons. The SMILES string of the molecule is C/C(CC/C(C)=N/NC(C)(C)C)=N\NC(C)(C)C. The van der Waals surface area contributed by atoms with Crippen LogP contribution in [-0.2, 0) is 0 Å². The summed E-state index contributed by atoms with van der Waals surface area (Å²) in [4.78, 5) is 0. The van der Waals surface area contributed by atoms with E-state index in [0.717, 1.165) is 24.3 Å². The molecule has 0 aliphatic rings. The van der Waals surface area contributed by atoms with Crippen LogP contribution in [0.1, 0.15) is 68.2 Å². The predicted octanol–water partition coefficient (Wildman–Crippen LogP) is 3.29. The lowest BCUT2D eigenvalue weighted by Crippen LogP contribution is -2.32. The molecule has 0 aromatic rings. The molecular weight excluding hydrogens is 224 g/mol. The standard InChI is InChI=1S/C14H30N4/c1-11(15-17-13(3,4)5)9-10-12(2)16-18-14(6,7)8/h17-18H,9-10H2,1-8H3/b15-11+,16-12+. The van der Waals surface area contributed by atoms with E-state index in [4.69, 9.17) is 0 Å². The molecule has 0 bridgehead atoms. The lowest BCUT2D eigenvalue weighted by molar-refractivity contribution is 0.439. The lowest BCUT2D eigenvalue weighted by atomic mass is 10.1. The molecule has 2 N–H and O–H groups in total. The Labute approximate surface area is 112 Å². The average Bonchev–Trinajstić information content (AvgIpc) is 2.18. The van der Waals surface area contributed by atoms with Gasteiger partial charge in [0.1, 0.15) is 0 Å². The molecule has 0 heterocycles. The quantitative estimate of drug-likeness (QED) is 0.584. The van der Waals surface area contributed by atoms with Gasteiger partial charge in [-0.25, -0.2) is 0 Å². The maximum absolute atomic E-state index is 4.37. The van der Waals surface area contributed by atoms with Gasteiger partial charge in [0.15, 0.2) is 0 Å². The fourth-order valence-corrected chi connectivity index (χ4v) is 1.000. The third kappa shape index (κ3) is 11.4. The van der Waals surface area contributed by atoms with Gasteiger partial charge < -0.3 is 10.9 Å². The van der Waals surface area contributed by atoms with Crippen molar-refractivity contribution in [2.24, 2.45) is 10.2 Å². The highest BCUT2D eigenvalue weighted by Crippen LogP contribution is 2.02. The monoisotopic (exact) mass is 254 g/mol. The Morgan fingerprint density at radius 1 is 0.722 bits per heavy atom. The van der Waals surface area contributed by atoms with Gasteiger partial charge >= 0.3 is 0 Å². The summed E-state index contributed by atoms with van der Waals surface area (Å²) in [5.41, 5.74) is 8.53. The third-order valence-corrected chi connectivity index (χ3v) is 2.01. The fourth-order valence-electron chi connectivity index (χ4n) is 1.000. The van der Waals surface area contributed by atoms with Gasteiger partial charge in [-0.3, -0.25) is 0 Å². The molecule has 0 atom stereocenters. The Morgan fingerprint density at radius 3 is 1.22 bits per heavy atom. The first-order valence-corrected chi connectivity index (χ1v) is 6.60. The Morgan fingerprint density at radius 2 is 1.00 bits per heavy atom. The van der Waals surface area contributed by atoms with Crippen molar-refractivity contribution in [1.82, 2.24) is 10.9 Å². The summed E-state index contributed by atoms with van der Waals surface area (Å²) in [5, 5.41) is 8.74. The first kappa shape index (κ1) is 16.9. The number of hydrogen-bond donors (Lipinski definition) is 2. The summed E-state index contributed by atoms with van der Waals surface area (Å²) in [6.45, 7) is 16.7. The topological polar surface area (TPSA) is 48.8 Å². The van der Waals surface area contributed by atoms with Crippen LogP contribution in [0.5, 0.6) is 0 Å². The Hall–Kier alpha value is -1.06. The van der Waals surface area contributed by atoms with Crippen molar-refractivity contribution >= 4 is 11.4 Å². The van der Waals surface area contributed by atoms with E-state index in [0.29, 0.717) is 0 Å². The van der Waals surface area contributed by atoms with Gasteiger partial charge in [-0.15, -0.1) is 0 Å². The van der Waals surface area contributed by atoms with Crippen molar-refractivity contribution in [3.05, 3.63) is 0 Å². The van der Waals surface area contributed by atoms with Crippen LogP contribution in [0.4, 0.5) is 0 Å². The van der Waals surface area contributed by atoms with E-state index >= 15 is 0 Å². The minimum absolute atomic E-state index is 0.0260. The summed E-state index contributed by atoms with van der Waals surface area (Å²) in [7, 11) is 0. The highest BCUT2D eigenvalue weighted by molar-refractivity contribution is 5.89. The summed E-state index contributed by atoms with van der Waals surface area (Å²) in [6.07, 6.45) is 1.87. The molecule has 0 spiro atoms. The van der Waals surface area contributed by atoms with E-state index in [9.17, 15) is 0 Å². The highest BCUT2D eigenvalue weighted by Gasteiger charge is 2.08. The van der Waals surface area contributed by atoms with E-state index < -0.39 is 0 Å². The maximum atomic E-state index is 4.37. The van der Waals surface area contributed by atoms with Gasteiger partial charge in [0, 0.05) is 22.5 Å². The van der Waals surface area contributed by atoms with Crippen molar-refractivity contribution in [2.45, 2.75) is 79.3 Å². The molecule has 0 radical (unpaired) electrons. The lowest BCUT2D eigenvalue weighted by Gasteiger charge is -2.19. The molecule has 0 aromatic carbocycles. The molecule has 4 heteroatoms. The molecule has 0 aliphatic carbocycles. The van der Waals surface area contributed by atoms with E-state index in [1.807, 2.05) is 13.8 Å². The Bertz CT molecular complexity index is 271. The zero-order valence-corrected chi connectivity index (χ0v) is 13.3. The summed E-state index contributed by atoms with van der Waals surface area (Å²) < 4.78 is 0. The van der Waals surface area contributed by atoms with E-state index in [-0.39, 0.29) is 11.1 Å². The van der Waals surface area contributed by atoms with Gasteiger partial charge in [-0.2, -0.15) is 10.2 Å². The second-order valence-corrected chi connectivity index (χ2v) is 6.92. The largest absolute Gasteiger partial charge is 0.305 e. The number of hydrogen-bond acceptors (Lipinski definition) is 4. The summed E-state index contributed by atoms with van der Waals surface area (Å²) in [6, 6.07) is 0. The average molecular weight is 254 g/mol. The van der Waals surface area contributed by atoms with E-state index in [1.165, 1.54) is 0 Å². The van der Waals surface area contributed by atoms with Crippen molar-refractivity contribution in [3.8, 4) is 0 Å². The van der Waals surface area contributed by atoms with Crippen LogP contribution in [0.2, 0.25) is 0 Å². The molecule has 0 fully saturated rings. The predicted molar refractivity (Wildman–Crippen MR) is 81.2 cm³/mol. The molecule has 4 nitrogen and oxygen atoms in total. The second-order valence-electron chi connectivity index (χ2n) is 6.92. The van der Waals surface area contributed by atoms with Crippen molar-refractivity contribution in [1.29, 1.82) is 0 Å². The number of hydrazone groups is 2. The van der Waals surface area contributed by atoms with Gasteiger partial charge in [0.25, 0.3) is 0 Å². The van der Waals surface area contributed by atoms with Crippen LogP contribution < -0.4 is 10.9 Å². The second kappa shape index (κ2) is 6.76. The van der Waals surface area contributed by atoms with E-state index in [1.54, 1.807) is 0 Å². The van der Waals surface area contributed by atoms with Crippen molar-refractivity contribution in [2.75, 3.05) is 0 Å². The molecule has 0 rings (SSSR count). The van der Waals surface area contributed by atoms with Gasteiger partial charge in [0.2, 0.25) is 0 Å². The Kier molecular flexibility index (Phi) is 6.36. The number of nitrogens with one attached hydrogen (secondary N) is 2. The van der Waals surface area contributed by atoms with Crippen LogP contribution in [-0.4, -0.2) is 22.5 Å². The first-order valence-electron chi connectivity index (χ1n) is 6.60. The molecule has 0 aromatic heterocycles. The third-order valence-electron chi connectivity index (χ3n) is 2.01. The molecule has 0 amide bonds. The van der Waals surface area contributed by atoms with Crippen LogP contribution in [0.15, 0.2) is 10.2 Å². The van der Waals surface area contributed by atoms with Crippen LogP contribution in [0.3, 0.4) is 0 Å². The van der Waals surface area contributed by atoms with Crippen LogP contribution in [0, 0.1) is 0 Å². The van der Waals surface area contributed by atoms with Crippen LogP contribution in [0.25, 0.3) is 0 Å². The normalized spacial score (nSPS) is 14.7. The molecular formula is C14H30N4. The zero-order chi connectivity index (χ0) is 14.4. The molecule has 0 aliphatic heterocycles. The molecule has 0 saturated carbocycles. The minimum atomic E-state index is 0.0260. The van der Waals surface area contributed by atoms with Crippen molar-refractivity contribution in [3.63, 3.8) is 0 Å². The van der Waals surface area contributed by atoms with Gasteiger partial charge in [-0.05, 0) is 68.2 Å². The Balaban J connectivity index is 4.09. The number of rotatable bonds is 5. The number of nitrogens with zero attached hydrogens (tertiary/aromatic N) is 2. The molecule has 0 unspecified atom stereocenters. The highest BCUT2D eigenvalue weighted by atomic mass is 15.3. The molecule has 0 saturated heterocycles. The van der Waals surface area contributed by atoms with Crippen molar-refractivity contribution < 1.29 is 0 Å². The minimum Gasteiger partial charge on any atom is -0.305 e. The van der Waals surface area contributed by atoms with Gasteiger partial charge in [0.05, 0.1) is 0 Å². The van der Waals surface area contributed by atoms with E-state index in [2.05, 4.69) is 62.6 Å². The molecule has 18 heavy (non-hydrogen) atoms. The first-order chi connectivity index (χ1) is 7.99. The zero-order valence-electron chi connectivity index (χ0n) is 13.3.